The summed E-state index contributed by atoms with van der Waals surface area (Å²) >= 11 is 1.53. The van der Waals surface area contributed by atoms with Gasteiger partial charge >= 0.3 is 0 Å². The summed E-state index contributed by atoms with van der Waals surface area (Å²) in [7, 11) is 0. The lowest BCUT2D eigenvalue weighted by atomic mass is 10.1. The summed E-state index contributed by atoms with van der Waals surface area (Å²) < 4.78 is 10.7. The number of carbonyl (C=O) groups excluding carboxylic acids is 2. The molecule has 2 aromatic rings. The highest BCUT2D eigenvalue weighted by Crippen LogP contribution is 2.28. The van der Waals surface area contributed by atoms with Crippen molar-refractivity contribution in [2.45, 2.75) is 13.3 Å². The Labute approximate surface area is 171 Å². The summed E-state index contributed by atoms with van der Waals surface area (Å²) in [4.78, 5) is 30.4. The highest BCUT2D eigenvalue weighted by molar-refractivity contribution is 7.13. The third-order valence-corrected chi connectivity index (χ3v) is 5.49. The van der Waals surface area contributed by atoms with E-state index in [1.54, 1.807) is 19.1 Å². The van der Waals surface area contributed by atoms with Gasteiger partial charge in [0.2, 0.25) is 5.91 Å². The van der Waals surface area contributed by atoms with Crippen LogP contribution in [0, 0.1) is 0 Å². The van der Waals surface area contributed by atoms with E-state index < -0.39 is 0 Å². The molecule has 2 aliphatic heterocycles. The number of benzene rings is 1. The first-order valence-electron chi connectivity index (χ1n) is 9.26. The zero-order chi connectivity index (χ0) is 20.2. The van der Waals surface area contributed by atoms with Crippen molar-refractivity contribution in [1.29, 1.82) is 0 Å². The summed E-state index contributed by atoms with van der Waals surface area (Å²) in [5.41, 5.74) is 5.28. The van der Waals surface area contributed by atoms with Crippen LogP contribution in [-0.2, 0) is 20.7 Å². The minimum atomic E-state index is -0.238. The maximum Gasteiger partial charge on any atom is 0.262 e. The van der Waals surface area contributed by atoms with Crippen molar-refractivity contribution in [2.24, 2.45) is 5.10 Å². The number of nitrogens with one attached hydrogen (secondary N) is 2. The normalized spacial score (nSPS) is 16.7. The first kappa shape index (κ1) is 19.3. The summed E-state index contributed by atoms with van der Waals surface area (Å²) in [6.45, 7) is 4.82. The maximum atomic E-state index is 12.2. The Hall–Kier alpha value is -2.98. The number of ether oxygens (including phenoxy) is 2. The molecule has 0 unspecified atom stereocenters. The molecule has 0 bridgehead atoms. The van der Waals surface area contributed by atoms with Crippen LogP contribution in [0.1, 0.15) is 18.2 Å². The lowest BCUT2D eigenvalue weighted by Gasteiger charge is -2.26. The molecule has 4 rings (SSSR count). The molecule has 0 radical (unpaired) electrons. The fraction of sp³-hybridized carbons (Fsp3) is 0.368. The van der Waals surface area contributed by atoms with Crippen LogP contribution in [0.15, 0.2) is 28.7 Å². The fourth-order valence-corrected chi connectivity index (χ4v) is 3.88. The molecule has 0 atom stereocenters. The molecule has 0 saturated carbocycles. The minimum Gasteiger partial charge on any atom is -0.482 e. The zero-order valence-electron chi connectivity index (χ0n) is 15.9. The molecule has 1 saturated heterocycles. The second-order valence-electron chi connectivity index (χ2n) is 6.68. The van der Waals surface area contributed by atoms with Gasteiger partial charge in [-0.1, -0.05) is 0 Å². The monoisotopic (exact) mass is 415 g/mol. The molecule has 3 heterocycles. The molecular formula is C19H21N5O4S. The average Bonchev–Trinajstić information content (AvgIpc) is 3.20. The van der Waals surface area contributed by atoms with Crippen LogP contribution in [0.5, 0.6) is 5.75 Å². The number of thiazole rings is 1. The Bertz CT molecular complexity index is 952. The predicted octanol–water partition coefficient (Wildman–Crippen LogP) is 1.39. The van der Waals surface area contributed by atoms with E-state index in [-0.39, 0.29) is 24.8 Å². The topological polar surface area (TPSA) is 105 Å². The van der Waals surface area contributed by atoms with E-state index in [1.165, 1.54) is 11.3 Å². The van der Waals surface area contributed by atoms with Crippen molar-refractivity contribution >= 4 is 39.7 Å². The second kappa shape index (κ2) is 8.58. The van der Waals surface area contributed by atoms with Crippen LogP contribution < -0.4 is 20.4 Å². The molecule has 152 valence electrons. The molecule has 10 heteroatoms. The molecule has 2 amide bonds. The van der Waals surface area contributed by atoms with Gasteiger partial charge in [-0.05, 0) is 30.7 Å². The standard InChI is InChI=1S/C19H21N5O4S/c1-12(13-2-3-16-15(8-13)21-18(26)10-28-16)22-23-17(25)9-14-11-29-19(20-14)24-4-6-27-7-5-24/h2-3,8,11H,4-7,9-10H2,1H3,(H,21,26)(H,23,25)/b22-12-. The number of morpholine rings is 1. The van der Waals surface area contributed by atoms with Crippen molar-refractivity contribution < 1.29 is 19.1 Å². The third kappa shape index (κ3) is 4.72. The van der Waals surface area contributed by atoms with Crippen LogP contribution in [0.2, 0.25) is 0 Å². The summed E-state index contributed by atoms with van der Waals surface area (Å²) in [5.74, 6) is 0.180. The van der Waals surface area contributed by atoms with Crippen LogP contribution in [0.25, 0.3) is 0 Å². The van der Waals surface area contributed by atoms with Crippen molar-refractivity contribution in [2.75, 3.05) is 43.1 Å². The smallest absolute Gasteiger partial charge is 0.262 e. The first-order valence-corrected chi connectivity index (χ1v) is 10.1. The Morgan fingerprint density at radius 3 is 3.03 bits per heavy atom. The van der Waals surface area contributed by atoms with E-state index >= 15 is 0 Å². The lowest BCUT2D eigenvalue weighted by molar-refractivity contribution is -0.120. The van der Waals surface area contributed by atoms with Crippen molar-refractivity contribution in [3.05, 3.63) is 34.8 Å². The van der Waals surface area contributed by atoms with Crippen LogP contribution in [0.3, 0.4) is 0 Å². The van der Waals surface area contributed by atoms with Gasteiger partial charge in [0, 0.05) is 18.5 Å². The number of aromatic nitrogens is 1. The fourth-order valence-electron chi connectivity index (χ4n) is 3.00. The first-order chi connectivity index (χ1) is 14.1. The van der Waals surface area contributed by atoms with Crippen molar-refractivity contribution in [3.8, 4) is 5.75 Å². The highest BCUT2D eigenvalue weighted by atomic mass is 32.1. The molecule has 0 aliphatic carbocycles. The van der Waals surface area contributed by atoms with E-state index in [1.807, 2.05) is 11.4 Å². The van der Waals surface area contributed by atoms with E-state index in [0.29, 0.717) is 30.4 Å². The number of hydrogen-bond acceptors (Lipinski definition) is 8. The molecule has 1 aromatic heterocycles. The highest BCUT2D eigenvalue weighted by Gasteiger charge is 2.17. The summed E-state index contributed by atoms with van der Waals surface area (Å²) in [5, 5.41) is 9.73. The van der Waals surface area contributed by atoms with Crippen LogP contribution in [-0.4, -0.2) is 55.4 Å². The number of rotatable bonds is 5. The predicted molar refractivity (Wildman–Crippen MR) is 110 cm³/mol. The van der Waals surface area contributed by atoms with Crippen LogP contribution in [0.4, 0.5) is 10.8 Å². The van der Waals surface area contributed by atoms with Gasteiger partial charge in [0.1, 0.15) is 5.75 Å². The van der Waals surface area contributed by atoms with E-state index in [0.717, 1.165) is 29.5 Å². The Balaban J connectivity index is 1.35. The average molecular weight is 415 g/mol. The number of hydrogen-bond donors (Lipinski definition) is 2. The molecule has 2 N–H and O–H groups in total. The Morgan fingerprint density at radius 2 is 2.21 bits per heavy atom. The van der Waals surface area contributed by atoms with E-state index in [9.17, 15) is 9.59 Å². The van der Waals surface area contributed by atoms with Gasteiger partial charge in [0.15, 0.2) is 11.7 Å². The number of amides is 2. The molecular weight excluding hydrogens is 394 g/mol. The zero-order valence-corrected chi connectivity index (χ0v) is 16.8. The molecule has 0 spiro atoms. The molecule has 9 nitrogen and oxygen atoms in total. The van der Waals surface area contributed by atoms with Gasteiger partial charge in [-0.3, -0.25) is 9.59 Å². The third-order valence-electron chi connectivity index (χ3n) is 4.54. The number of nitrogens with zero attached hydrogens (tertiary/aromatic N) is 3. The maximum absolute atomic E-state index is 12.2. The van der Waals surface area contributed by atoms with Gasteiger partial charge in [-0.25, -0.2) is 10.4 Å². The number of fused-ring (bicyclic) bond motifs is 1. The summed E-state index contributed by atoms with van der Waals surface area (Å²) in [6.07, 6.45) is 0.158. The number of hydrazone groups is 1. The Kier molecular flexibility index (Phi) is 5.72. The lowest BCUT2D eigenvalue weighted by Crippen LogP contribution is -2.36. The van der Waals surface area contributed by atoms with Gasteiger partial charge < -0.3 is 19.7 Å². The van der Waals surface area contributed by atoms with Crippen molar-refractivity contribution in [1.82, 2.24) is 10.4 Å². The van der Waals surface area contributed by atoms with Crippen LogP contribution >= 0.6 is 11.3 Å². The molecule has 2 aliphatic rings. The summed E-state index contributed by atoms with van der Waals surface area (Å²) in [6, 6.07) is 5.37. The largest absolute Gasteiger partial charge is 0.482 e. The minimum absolute atomic E-state index is 0.0132. The quantitative estimate of drug-likeness (QED) is 0.565. The van der Waals surface area contributed by atoms with Gasteiger partial charge in [-0.2, -0.15) is 5.10 Å². The van der Waals surface area contributed by atoms with Gasteiger partial charge in [0.25, 0.3) is 5.91 Å². The van der Waals surface area contributed by atoms with Crippen molar-refractivity contribution in [3.63, 3.8) is 0 Å². The number of anilines is 2. The van der Waals surface area contributed by atoms with E-state index in [2.05, 4.69) is 25.7 Å². The SMILES string of the molecule is C/C(=N/NC(=O)Cc1csc(N2CCOCC2)n1)c1ccc2c(c1)NC(=O)CO2. The molecule has 1 aromatic carbocycles. The molecule has 29 heavy (non-hydrogen) atoms. The number of carbonyl (C=O) groups is 2. The van der Waals surface area contributed by atoms with Gasteiger partial charge in [0.05, 0.1) is 36.7 Å². The second-order valence-corrected chi connectivity index (χ2v) is 7.51. The molecule has 1 fully saturated rings. The van der Waals surface area contributed by atoms with Gasteiger partial charge in [-0.15, -0.1) is 11.3 Å². The Morgan fingerprint density at radius 1 is 1.38 bits per heavy atom. The van der Waals surface area contributed by atoms with E-state index in [4.69, 9.17) is 9.47 Å².